The van der Waals surface area contributed by atoms with Crippen molar-refractivity contribution in [2.45, 2.75) is 48.5 Å². The molecule has 6 nitrogen and oxygen atoms in total. The lowest BCUT2D eigenvalue weighted by Gasteiger charge is -2.18. The van der Waals surface area contributed by atoms with Gasteiger partial charge in [0.1, 0.15) is 0 Å². The molecule has 0 saturated heterocycles. The topological polar surface area (TPSA) is 77.2 Å². The van der Waals surface area contributed by atoms with Crippen LogP contribution in [0.1, 0.15) is 61.9 Å². The maximum Gasteiger partial charge on any atom is 0.255 e. The van der Waals surface area contributed by atoms with Crippen LogP contribution in [0, 0.1) is 13.8 Å². The van der Waals surface area contributed by atoms with Gasteiger partial charge in [-0.25, -0.2) is 0 Å². The van der Waals surface area contributed by atoms with Gasteiger partial charge in [0.25, 0.3) is 11.8 Å². The summed E-state index contributed by atoms with van der Waals surface area (Å²) in [6.07, 6.45) is 15.3. The summed E-state index contributed by atoms with van der Waals surface area (Å²) in [7, 11) is 0. The molecule has 0 fully saturated rings. The van der Waals surface area contributed by atoms with Crippen LogP contribution in [0.2, 0.25) is 0 Å². The maximum atomic E-state index is 12.9. The van der Waals surface area contributed by atoms with Crippen LogP contribution in [-0.2, 0) is 4.79 Å². The molecule has 3 N–H and O–H groups in total. The lowest BCUT2D eigenvalue weighted by atomic mass is 10.1. The number of carbonyl (C=O) groups is 2. The number of carbonyl (C=O) groups excluding carboxylic acids is 2. The highest BCUT2D eigenvalue weighted by Gasteiger charge is 2.18. The van der Waals surface area contributed by atoms with Crippen LogP contribution in [0.4, 0.5) is 0 Å². The van der Waals surface area contributed by atoms with Gasteiger partial charge in [0.15, 0.2) is 0 Å². The molecular weight excluding hydrogens is 468 g/mol. The minimum absolute atomic E-state index is 0.0965. The Bertz CT molecular complexity index is 995. The number of likely N-dealkylation sites (N-methyl/N-ethyl adjacent to an activating group) is 1. The number of nitrogens with zero attached hydrogens (tertiary/aromatic N) is 1. The summed E-state index contributed by atoms with van der Waals surface area (Å²) in [5, 5.41) is 5.82. The van der Waals surface area contributed by atoms with Crippen LogP contribution in [0.25, 0.3) is 6.08 Å². The normalized spacial score (nSPS) is 13.0. The molecule has 0 spiro atoms. The molecule has 0 aliphatic carbocycles. The summed E-state index contributed by atoms with van der Waals surface area (Å²) in [5.41, 5.74) is 4.81. The van der Waals surface area contributed by atoms with Crippen molar-refractivity contribution in [3.63, 3.8) is 0 Å². The van der Waals surface area contributed by atoms with E-state index in [-0.39, 0.29) is 11.8 Å². The Balaban J connectivity index is 3.05. The first-order chi connectivity index (χ1) is 17.3. The molecule has 0 unspecified atom stereocenters. The monoisotopic (exact) mass is 512 g/mol. The number of H-pyrrole nitrogens is 1. The number of thioether (sulfide) groups is 1. The number of amides is 2. The molecule has 1 aromatic heterocycles. The first kappa shape index (κ1) is 31.3. The van der Waals surface area contributed by atoms with Crippen molar-refractivity contribution in [1.29, 1.82) is 0 Å². The Morgan fingerprint density at radius 1 is 1.06 bits per heavy atom. The van der Waals surface area contributed by atoms with Gasteiger partial charge in [0.05, 0.1) is 5.56 Å². The first-order valence-corrected chi connectivity index (χ1v) is 13.8. The number of hydrogen-bond donors (Lipinski definition) is 3. The van der Waals surface area contributed by atoms with Crippen molar-refractivity contribution < 1.29 is 9.59 Å². The smallest absolute Gasteiger partial charge is 0.255 e. The third-order valence-electron chi connectivity index (χ3n) is 5.79. The van der Waals surface area contributed by atoms with Crippen molar-refractivity contribution in [2.75, 3.05) is 37.7 Å². The molecule has 0 aliphatic rings. The summed E-state index contributed by atoms with van der Waals surface area (Å²) < 4.78 is 0. The van der Waals surface area contributed by atoms with E-state index in [0.717, 1.165) is 48.1 Å². The third kappa shape index (κ3) is 10.5. The standard InChI is InChI=1S/C29H44N4O2S/c1-8-14-24(10-3)21-36-19-13-15-25(28(34)30-16-9-2)20-26-22(6)27(23(7)32-26)29(35)31-17-18-33(11-4)12-5/h8-10,13-16,20,32H,11-12,17-19,21H2,1-7H3,(H,30,34)(H,31,35). The van der Waals surface area contributed by atoms with Gasteiger partial charge in [-0.15, -0.1) is 0 Å². The molecular formula is C29H44N4O2S. The Hall–Kier alpha value is -2.77. The molecule has 0 aromatic carbocycles. The van der Waals surface area contributed by atoms with E-state index in [4.69, 9.17) is 0 Å². The molecule has 1 rings (SSSR count). The molecule has 0 radical (unpaired) electrons. The summed E-state index contributed by atoms with van der Waals surface area (Å²) in [4.78, 5) is 31.3. The van der Waals surface area contributed by atoms with Gasteiger partial charge < -0.3 is 20.5 Å². The van der Waals surface area contributed by atoms with Crippen LogP contribution >= 0.6 is 11.8 Å². The van der Waals surface area contributed by atoms with Gasteiger partial charge in [-0.05, 0) is 71.1 Å². The predicted molar refractivity (Wildman–Crippen MR) is 156 cm³/mol. The van der Waals surface area contributed by atoms with E-state index in [2.05, 4.69) is 46.5 Å². The second-order valence-corrected chi connectivity index (χ2v) is 9.33. The summed E-state index contributed by atoms with van der Waals surface area (Å²) in [6.45, 7) is 17.3. The zero-order valence-corrected chi connectivity index (χ0v) is 23.8. The SMILES string of the molecule is CC=CNC(=O)C(C=CCSCC(C=CC)=CC)=Cc1[nH]c(C)c(C(=O)NCCN(CC)CC)c1C. The number of rotatable bonds is 15. The quantitative estimate of drug-likeness (QED) is 0.164. The van der Waals surface area contributed by atoms with E-state index in [1.54, 1.807) is 24.0 Å². The van der Waals surface area contributed by atoms with Gasteiger partial charge in [-0.2, -0.15) is 11.8 Å². The van der Waals surface area contributed by atoms with E-state index >= 15 is 0 Å². The van der Waals surface area contributed by atoms with Crippen LogP contribution in [-0.4, -0.2) is 59.4 Å². The molecule has 0 saturated carbocycles. The minimum Gasteiger partial charge on any atom is -0.358 e. The Morgan fingerprint density at radius 3 is 2.39 bits per heavy atom. The average Bonchev–Trinajstić information content (AvgIpc) is 3.15. The van der Waals surface area contributed by atoms with Gasteiger partial charge in [0, 0.05) is 41.6 Å². The third-order valence-corrected chi connectivity index (χ3v) is 6.75. The van der Waals surface area contributed by atoms with Crippen molar-refractivity contribution in [2.24, 2.45) is 0 Å². The largest absolute Gasteiger partial charge is 0.358 e. The fraction of sp³-hybridized carbons (Fsp3) is 0.448. The summed E-state index contributed by atoms with van der Waals surface area (Å²) >= 11 is 1.79. The molecule has 198 valence electrons. The fourth-order valence-corrected chi connectivity index (χ4v) is 4.51. The van der Waals surface area contributed by atoms with E-state index < -0.39 is 0 Å². The van der Waals surface area contributed by atoms with E-state index in [0.29, 0.717) is 17.7 Å². The highest BCUT2D eigenvalue weighted by molar-refractivity contribution is 7.99. The molecule has 1 aromatic rings. The second kappa shape index (κ2) is 17.6. The van der Waals surface area contributed by atoms with Gasteiger partial charge in [-0.3, -0.25) is 9.59 Å². The number of allylic oxidation sites excluding steroid dienone is 4. The Kier molecular flexibility index (Phi) is 15.3. The van der Waals surface area contributed by atoms with Crippen LogP contribution in [0.5, 0.6) is 0 Å². The molecule has 0 atom stereocenters. The van der Waals surface area contributed by atoms with Crippen molar-refractivity contribution >= 4 is 29.7 Å². The summed E-state index contributed by atoms with van der Waals surface area (Å²) in [5.74, 6) is 1.40. The van der Waals surface area contributed by atoms with Gasteiger partial charge in [-0.1, -0.05) is 50.3 Å². The summed E-state index contributed by atoms with van der Waals surface area (Å²) in [6, 6.07) is 0. The molecule has 2 amide bonds. The first-order valence-electron chi connectivity index (χ1n) is 12.7. The molecule has 7 heteroatoms. The second-order valence-electron chi connectivity index (χ2n) is 8.30. The molecule has 0 aliphatic heterocycles. The Morgan fingerprint density at radius 2 is 1.78 bits per heavy atom. The Labute approximate surface area is 222 Å². The van der Waals surface area contributed by atoms with Crippen LogP contribution < -0.4 is 10.6 Å². The highest BCUT2D eigenvalue weighted by Crippen LogP contribution is 2.21. The van der Waals surface area contributed by atoms with Crippen molar-refractivity contribution in [3.8, 4) is 0 Å². The molecule has 36 heavy (non-hydrogen) atoms. The van der Waals surface area contributed by atoms with E-state index in [9.17, 15) is 9.59 Å². The van der Waals surface area contributed by atoms with Gasteiger partial charge >= 0.3 is 0 Å². The lowest BCUT2D eigenvalue weighted by molar-refractivity contribution is -0.116. The zero-order chi connectivity index (χ0) is 26.9. The highest BCUT2D eigenvalue weighted by atomic mass is 32.2. The molecule has 1 heterocycles. The number of hydrogen-bond acceptors (Lipinski definition) is 4. The van der Waals surface area contributed by atoms with Crippen LogP contribution in [0.3, 0.4) is 0 Å². The van der Waals surface area contributed by atoms with E-state index in [1.807, 2.05) is 58.9 Å². The van der Waals surface area contributed by atoms with Crippen LogP contribution in [0.15, 0.2) is 53.8 Å². The molecule has 0 bridgehead atoms. The van der Waals surface area contributed by atoms with Crippen molar-refractivity contribution in [3.05, 3.63) is 76.3 Å². The van der Waals surface area contributed by atoms with E-state index in [1.165, 1.54) is 5.57 Å². The number of nitrogens with one attached hydrogen (secondary N) is 3. The van der Waals surface area contributed by atoms with Gasteiger partial charge in [0.2, 0.25) is 0 Å². The number of aromatic nitrogens is 1. The number of aromatic amines is 1. The van der Waals surface area contributed by atoms with Crippen molar-refractivity contribution in [1.82, 2.24) is 20.5 Å². The minimum atomic E-state index is -0.200. The predicted octanol–water partition coefficient (Wildman–Crippen LogP) is 5.55. The number of aryl methyl sites for hydroxylation is 1. The average molecular weight is 513 g/mol. The fourth-order valence-electron chi connectivity index (χ4n) is 3.66. The lowest BCUT2D eigenvalue weighted by Crippen LogP contribution is -2.35. The maximum absolute atomic E-state index is 12.9. The zero-order valence-electron chi connectivity index (χ0n) is 23.0.